The van der Waals surface area contributed by atoms with E-state index in [1.807, 2.05) is 28.8 Å². The van der Waals surface area contributed by atoms with Gasteiger partial charge in [-0.25, -0.2) is 0 Å². The van der Waals surface area contributed by atoms with Crippen molar-refractivity contribution in [3.05, 3.63) is 41.6 Å². The maximum atomic E-state index is 13.2. The van der Waals surface area contributed by atoms with E-state index < -0.39 is 0 Å². The van der Waals surface area contributed by atoms with Crippen LogP contribution in [0.1, 0.15) is 28.2 Å². The van der Waals surface area contributed by atoms with Crippen LogP contribution in [0.5, 0.6) is 0 Å². The van der Waals surface area contributed by atoms with Crippen LogP contribution in [0.2, 0.25) is 0 Å². The van der Waals surface area contributed by atoms with Gasteiger partial charge in [0, 0.05) is 38.4 Å². The molecular weight excluding hydrogens is 320 g/mol. The van der Waals surface area contributed by atoms with Crippen LogP contribution in [0.3, 0.4) is 0 Å². The Kier molecular flexibility index (Phi) is 4.59. The van der Waals surface area contributed by atoms with Crippen molar-refractivity contribution in [2.75, 3.05) is 32.8 Å². The molecule has 134 valence electrons. The first-order valence-electron chi connectivity index (χ1n) is 8.88. The Balaban J connectivity index is 1.59. The fraction of sp³-hybridized carbons (Fsp3) is 0.556. The van der Waals surface area contributed by atoms with Gasteiger partial charge in [-0.2, -0.15) is 5.10 Å². The monoisotopic (exact) mass is 344 g/mol. The Bertz CT molecular complexity index is 732. The number of nitrogens with zero attached hydrogens (tertiary/aromatic N) is 4. The maximum Gasteiger partial charge on any atom is 0.258 e. The molecule has 1 amide bonds. The quantitative estimate of drug-likeness (QED) is 0.845. The van der Waals surface area contributed by atoms with Crippen molar-refractivity contribution in [3.63, 3.8) is 0 Å². The van der Waals surface area contributed by atoms with Crippen molar-refractivity contribution in [3.8, 4) is 0 Å². The zero-order valence-electron chi connectivity index (χ0n) is 14.6. The number of furan rings is 1. The van der Waals surface area contributed by atoms with Gasteiger partial charge >= 0.3 is 0 Å². The number of fused-ring (bicyclic) bond motifs is 1. The second-order valence-electron chi connectivity index (χ2n) is 6.72. The molecule has 2 aliphatic heterocycles. The van der Waals surface area contributed by atoms with E-state index in [2.05, 4.69) is 10.00 Å². The zero-order chi connectivity index (χ0) is 17.2. The van der Waals surface area contributed by atoms with Crippen molar-refractivity contribution in [2.45, 2.75) is 32.5 Å². The average Bonchev–Trinajstić information content (AvgIpc) is 3.22. The standard InChI is InChI=1S/C18H24N4O3/c1-14-17(4-9-25-14)18(23)21-13-16-2-5-19-22(16)6-3-15(21)12-20-7-10-24-11-8-20/h2,4-5,9,15H,3,6-8,10-13H2,1H3/t15-/m0/s1. The fourth-order valence-electron chi connectivity index (χ4n) is 3.70. The number of hydrogen-bond acceptors (Lipinski definition) is 5. The molecule has 2 aliphatic rings. The highest BCUT2D eigenvalue weighted by atomic mass is 16.5. The van der Waals surface area contributed by atoms with Gasteiger partial charge in [0.2, 0.25) is 0 Å². The molecule has 4 rings (SSSR count). The number of morpholine rings is 1. The first-order chi connectivity index (χ1) is 12.2. The topological polar surface area (TPSA) is 63.7 Å². The molecule has 0 unspecified atom stereocenters. The Morgan fingerprint density at radius 2 is 2.12 bits per heavy atom. The molecule has 4 heterocycles. The van der Waals surface area contributed by atoms with Gasteiger partial charge in [0.1, 0.15) is 5.76 Å². The number of carbonyl (C=O) groups is 1. The summed E-state index contributed by atoms with van der Waals surface area (Å²) in [4.78, 5) is 17.6. The number of ether oxygens (including phenoxy) is 1. The molecule has 0 N–H and O–H groups in total. The molecule has 2 aromatic heterocycles. The summed E-state index contributed by atoms with van der Waals surface area (Å²) in [7, 11) is 0. The molecule has 0 bridgehead atoms. The maximum absolute atomic E-state index is 13.2. The minimum atomic E-state index is 0.0409. The van der Waals surface area contributed by atoms with Crippen molar-refractivity contribution in [1.82, 2.24) is 19.6 Å². The van der Waals surface area contributed by atoms with E-state index in [1.54, 1.807) is 12.3 Å². The normalized spacial score (nSPS) is 21.8. The average molecular weight is 344 g/mol. The van der Waals surface area contributed by atoms with Crippen LogP contribution in [0, 0.1) is 6.92 Å². The van der Waals surface area contributed by atoms with Gasteiger partial charge < -0.3 is 14.1 Å². The van der Waals surface area contributed by atoms with Gasteiger partial charge in [-0.15, -0.1) is 0 Å². The molecule has 0 aliphatic carbocycles. The summed E-state index contributed by atoms with van der Waals surface area (Å²) in [5, 5.41) is 4.40. The molecule has 25 heavy (non-hydrogen) atoms. The van der Waals surface area contributed by atoms with Gasteiger partial charge in [0.25, 0.3) is 5.91 Å². The fourth-order valence-corrected chi connectivity index (χ4v) is 3.70. The Morgan fingerprint density at radius 1 is 1.28 bits per heavy atom. The van der Waals surface area contributed by atoms with Crippen molar-refractivity contribution in [2.24, 2.45) is 0 Å². The second kappa shape index (κ2) is 7.01. The highest BCUT2D eigenvalue weighted by molar-refractivity contribution is 5.95. The Labute approximate surface area is 147 Å². The molecule has 0 radical (unpaired) electrons. The number of aromatic nitrogens is 2. The molecule has 7 heteroatoms. The smallest absolute Gasteiger partial charge is 0.258 e. The van der Waals surface area contributed by atoms with E-state index in [0.717, 1.165) is 51.5 Å². The lowest BCUT2D eigenvalue weighted by Gasteiger charge is -2.35. The predicted molar refractivity (Wildman–Crippen MR) is 91.2 cm³/mol. The molecule has 1 atom stereocenters. The van der Waals surface area contributed by atoms with Crippen LogP contribution in [0.4, 0.5) is 0 Å². The molecule has 1 fully saturated rings. The third-order valence-electron chi connectivity index (χ3n) is 5.17. The molecular formula is C18H24N4O3. The van der Waals surface area contributed by atoms with Crippen LogP contribution >= 0.6 is 0 Å². The first-order valence-corrected chi connectivity index (χ1v) is 8.88. The van der Waals surface area contributed by atoms with Gasteiger partial charge in [-0.1, -0.05) is 0 Å². The van der Waals surface area contributed by atoms with E-state index in [0.29, 0.717) is 17.9 Å². The van der Waals surface area contributed by atoms with Crippen LogP contribution in [0.25, 0.3) is 0 Å². The van der Waals surface area contributed by atoms with Crippen LogP contribution in [-0.2, 0) is 17.8 Å². The number of aryl methyl sites for hydroxylation is 2. The minimum Gasteiger partial charge on any atom is -0.469 e. The van der Waals surface area contributed by atoms with Crippen molar-refractivity contribution >= 4 is 5.91 Å². The van der Waals surface area contributed by atoms with Gasteiger partial charge in [0.05, 0.1) is 37.3 Å². The van der Waals surface area contributed by atoms with E-state index >= 15 is 0 Å². The lowest BCUT2D eigenvalue weighted by Crippen LogP contribution is -2.48. The highest BCUT2D eigenvalue weighted by Crippen LogP contribution is 2.22. The van der Waals surface area contributed by atoms with Crippen molar-refractivity contribution < 1.29 is 13.9 Å². The van der Waals surface area contributed by atoms with Crippen molar-refractivity contribution in [1.29, 1.82) is 0 Å². The third kappa shape index (κ3) is 3.34. The zero-order valence-corrected chi connectivity index (χ0v) is 14.6. The third-order valence-corrected chi connectivity index (χ3v) is 5.17. The van der Waals surface area contributed by atoms with E-state index in [-0.39, 0.29) is 11.9 Å². The molecule has 1 saturated heterocycles. The Hall–Kier alpha value is -2.12. The SMILES string of the molecule is Cc1occc1C(=O)N1Cc2ccnn2CC[C@H]1CN1CCOCC1. The van der Waals surface area contributed by atoms with Crippen LogP contribution < -0.4 is 0 Å². The van der Waals surface area contributed by atoms with Gasteiger partial charge in [0.15, 0.2) is 0 Å². The van der Waals surface area contributed by atoms with Crippen LogP contribution in [0.15, 0.2) is 29.0 Å². The summed E-state index contributed by atoms with van der Waals surface area (Å²) >= 11 is 0. The summed E-state index contributed by atoms with van der Waals surface area (Å²) in [5.74, 6) is 0.715. The lowest BCUT2D eigenvalue weighted by molar-refractivity contribution is 0.0202. The number of carbonyl (C=O) groups excluding carboxylic acids is 1. The largest absolute Gasteiger partial charge is 0.469 e. The molecule has 0 spiro atoms. The first kappa shape index (κ1) is 16.4. The number of hydrogen-bond donors (Lipinski definition) is 0. The molecule has 0 aromatic carbocycles. The molecule has 7 nitrogen and oxygen atoms in total. The summed E-state index contributed by atoms with van der Waals surface area (Å²) in [6.45, 7) is 7.51. The van der Waals surface area contributed by atoms with Gasteiger partial charge in [-0.05, 0) is 25.5 Å². The summed E-state index contributed by atoms with van der Waals surface area (Å²) in [6.07, 6.45) is 4.29. The minimum absolute atomic E-state index is 0.0409. The van der Waals surface area contributed by atoms with E-state index in [1.165, 1.54) is 0 Å². The lowest BCUT2D eigenvalue weighted by atomic mass is 10.1. The molecule has 2 aromatic rings. The summed E-state index contributed by atoms with van der Waals surface area (Å²) < 4.78 is 12.8. The summed E-state index contributed by atoms with van der Waals surface area (Å²) in [6, 6.07) is 3.92. The molecule has 0 saturated carbocycles. The Morgan fingerprint density at radius 3 is 2.88 bits per heavy atom. The van der Waals surface area contributed by atoms with Gasteiger partial charge in [-0.3, -0.25) is 14.4 Å². The predicted octanol–water partition coefficient (Wildman–Crippen LogP) is 1.53. The van der Waals surface area contributed by atoms with Crippen LogP contribution in [-0.4, -0.2) is 64.4 Å². The highest BCUT2D eigenvalue weighted by Gasteiger charge is 2.31. The second-order valence-corrected chi connectivity index (χ2v) is 6.72. The number of amides is 1. The summed E-state index contributed by atoms with van der Waals surface area (Å²) in [5.41, 5.74) is 1.74. The van der Waals surface area contributed by atoms with E-state index in [9.17, 15) is 4.79 Å². The number of rotatable bonds is 3. The van der Waals surface area contributed by atoms with E-state index in [4.69, 9.17) is 9.15 Å².